The Morgan fingerprint density at radius 3 is 2.36 bits per heavy atom. The van der Waals surface area contributed by atoms with E-state index in [0.717, 1.165) is 16.7 Å². The van der Waals surface area contributed by atoms with Gasteiger partial charge in [-0.1, -0.05) is 62.7 Å². The van der Waals surface area contributed by atoms with Gasteiger partial charge in [0.05, 0.1) is 6.61 Å². The Bertz CT molecular complexity index is 736. The van der Waals surface area contributed by atoms with E-state index in [9.17, 15) is 4.79 Å². The van der Waals surface area contributed by atoms with Crippen LogP contribution in [0.2, 0.25) is 5.02 Å². The first-order chi connectivity index (χ1) is 11.7. The molecule has 0 aromatic heterocycles. The summed E-state index contributed by atoms with van der Waals surface area (Å²) in [5.74, 6) is -0.279. The molecule has 1 atom stereocenters. The third-order valence-corrected chi connectivity index (χ3v) is 4.29. The molecule has 2 aromatic rings. The number of nitrogens with two attached hydrogens (primary N) is 1. The molecular formula is C20H25ClN2O2. The highest BCUT2D eigenvalue weighted by Crippen LogP contribution is 2.31. The molecule has 0 saturated heterocycles. The Balaban J connectivity index is 2.09. The van der Waals surface area contributed by atoms with E-state index < -0.39 is 6.04 Å². The van der Waals surface area contributed by atoms with Crippen LogP contribution in [0.25, 0.3) is 0 Å². The Morgan fingerprint density at radius 2 is 1.84 bits per heavy atom. The minimum absolute atomic E-state index is 0.0556. The number of rotatable bonds is 5. The van der Waals surface area contributed by atoms with Crippen LogP contribution in [0.4, 0.5) is 5.69 Å². The van der Waals surface area contributed by atoms with Crippen LogP contribution >= 0.6 is 11.6 Å². The zero-order valence-electron chi connectivity index (χ0n) is 15.1. The van der Waals surface area contributed by atoms with Crippen molar-refractivity contribution < 1.29 is 9.53 Å². The molecular weight excluding hydrogens is 336 g/mol. The fourth-order valence-corrected chi connectivity index (χ4v) is 3.02. The van der Waals surface area contributed by atoms with Crippen LogP contribution in [0.15, 0.2) is 42.5 Å². The fraction of sp³-hybridized carbons (Fsp3) is 0.350. The summed E-state index contributed by atoms with van der Waals surface area (Å²) < 4.78 is 5.08. The summed E-state index contributed by atoms with van der Waals surface area (Å²) in [6.45, 7) is 6.81. The number of nitrogens with one attached hydrogen (secondary N) is 1. The normalized spacial score (nSPS) is 12.7. The van der Waals surface area contributed by atoms with Crippen molar-refractivity contribution >= 4 is 23.2 Å². The van der Waals surface area contributed by atoms with Crippen molar-refractivity contribution in [3.05, 3.63) is 64.2 Å². The minimum atomic E-state index is -0.752. The SMILES string of the molecule is COCc1ccc(C(N)C(=O)Nc2ccc(C(C)(C)C)c(Cl)c2)cc1. The number of carbonyl (C=O) groups excluding carboxylic acids is 1. The molecule has 134 valence electrons. The van der Waals surface area contributed by atoms with Gasteiger partial charge in [0.15, 0.2) is 0 Å². The molecule has 0 aliphatic rings. The van der Waals surface area contributed by atoms with Crippen LogP contribution in [-0.4, -0.2) is 13.0 Å². The molecule has 1 unspecified atom stereocenters. The lowest BCUT2D eigenvalue weighted by Crippen LogP contribution is -2.27. The highest BCUT2D eigenvalue weighted by Gasteiger charge is 2.19. The maximum absolute atomic E-state index is 12.4. The van der Waals surface area contributed by atoms with Gasteiger partial charge in [0.2, 0.25) is 5.91 Å². The Morgan fingerprint density at radius 1 is 1.20 bits per heavy atom. The second-order valence-electron chi connectivity index (χ2n) is 7.09. The molecule has 2 rings (SSSR count). The minimum Gasteiger partial charge on any atom is -0.380 e. The first kappa shape index (κ1) is 19.4. The van der Waals surface area contributed by atoms with Crippen molar-refractivity contribution in [1.82, 2.24) is 0 Å². The maximum Gasteiger partial charge on any atom is 0.245 e. The van der Waals surface area contributed by atoms with E-state index in [1.54, 1.807) is 13.2 Å². The lowest BCUT2D eigenvalue weighted by Gasteiger charge is -2.21. The summed E-state index contributed by atoms with van der Waals surface area (Å²) in [5, 5.41) is 3.45. The highest BCUT2D eigenvalue weighted by atomic mass is 35.5. The predicted molar refractivity (Wildman–Crippen MR) is 103 cm³/mol. The summed E-state index contributed by atoms with van der Waals surface area (Å²) >= 11 is 6.35. The molecule has 0 spiro atoms. The molecule has 2 aromatic carbocycles. The number of ether oxygens (including phenoxy) is 1. The molecule has 25 heavy (non-hydrogen) atoms. The Kier molecular flexibility index (Phi) is 6.22. The summed E-state index contributed by atoms with van der Waals surface area (Å²) in [5.41, 5.74) is 9.46. The molecule has 0 radical (unpaired) electrons. The van der Waals surface area contributed by atoms with Gasteiger partial charge in [-0.05, 0) is 34.2 Å². The van der Waals surface area contributed by atoms with Crippen LogP contribution in [-0.2, 0) is 21.6 Å². The van der Waals surface area contributed by atoms with Crippen molar-refractivity contribution in [3.63, 3.8) is 0 Å². The Labute approximate surface area is 154 Å². The molecule has 0 aliphatic heterocycles. The van der Waals surface area contributed by atoms with Gasteiger partial charge in [0.1, 0.15) is 6.04 Å². The number of amides is 1. The van der Waals surface area contributed by atoms with Crippen LogP contribution < -0.4 is 11.1 Å². The quantitative estimate of drug-likeness (QED) is 0.829. The van der Waals surface area contributed by atoms with Crippen LogP contribution in [0.5, 0.6) is 0 Å². The maximum atomic E-state index is 12.4. The van der Waals surface area contributed by atoms with Crippen molar-refractivity contribution in [3.8, 4) is 0 Å². The van der Waals surface area contributed by atoms with Crippen molar-refractivity contribution in [2.45, 2.75) is 38.8 Å². The molecule has 0 saturated carbocycles. The molecule has 3 N–H and O–H groups in total. The highest BCUT2D eigenvalue weighted by molar-refractivity contribution is 6.31. The second kappa shape index (κ2) is 8.00. The van der Waals surface area contributed by atoms with Gasteiger partial charge in [-0.25, -0.2) is 0 Å². The topological polar surface area (TPSA) is 64.3 Å². The van der Waals surface area contributed by atoms with Crippen LogP contribution in [0.3, 0.4) is 0 Å². The van der Waals surface area contributed by atoms with Gasteiger partial charge in [-0.2, -0.15) is 0 Å². The molecule has 0 bridgehead atoms. The van der Waals surface area contributed by atoms with Gasteiger partial charge in [0.25, 0.3) is 0 Å². The number of hydrogen-bond donors (Lipinski definition) is 2. The predicted octanol–water partition coefficient (Wildman–Crippen LogP) is 4.42. The smallest absolute Gasteiger partial charge is 0.245 e. The van der Waals surface area contributed by atoms with Crippen LogP contribution in [0.1, 0.15) is 43.5 Å². The van der Waals surface area contributed by atoms with Gasteiger partial charge in [-0.3, -0.25) is 4.79 Å². The first-order valence-corrected chi connectivity index (χ1v) is 8.54. The summed E-state index contributed by atoms with van der Waals surface area (Å²) in [6, 6.07) is 12.3. The van der Waals surface area contributed by atoms with E-state index in [2.05, 4.69) is 26.1 Å². The van der Waals surface area contributed by atoms with E-state index in [1.807, 2.05) is 36.4 Å². The number of anilines is 1. The molecule has 1 amide bonds. The van der Waals surface area contributed by atoms with E-state index in [-0.39, 0.29) is 11.3 Å². The van der Waals surface area contributed by atoms with Crippen molar-refractivity contribution in [2.75, 3.05) is 12.4 Å². The van der Waals surface area contributed by atoms with E-state index in [4.69, 9.17) is 22.1 Å². The zero-order chi connectivity index (χ0) is 18.6. The molecule has 4 nitrogen and oxygen atoms in total. The third-order valence-electron chi connectivity index (χ3n) is 3.98. The zero-order valence-corrected chi connectivity index (χ0v) is 15.9. The summed E-state index contributed by atoms with van der Waals surface area (Å²) in [7, 11) is 1.64. The van der Waals surface area contributed by atoms with Gasteiger partial charge >= 0.3 is 0 Å². The number of hydrogen-bond acceptors (Lipinski definition) is 3. The molecule has 0 heterocycles. The van der Waals surface area contributed by atoms with Gasteiger partial charge in [-0.15, -0.1) is 0 Å². The standard InChI is InChI=1S/C20H25ClN2O2/c1-20(2,3)16-10-9-15(11-17(16)21)23-19(24)18(22)14-7-5-13(6-8-14)12-25-4/h5-11,18H,12,22H2,1-4H3,(H,23,24). The number of benzene rings is 2. The van der Waals surface area contributed by atoms with Crippen molar-refractivity contribution in [2.24, 2.45) is 5.73 Å². The van der Waals surface area contributed by atoms with E-state index >= 15 is 0 Å². The van der Waals surface area contributed by atoms with Crippen molar-refractivity contribution in [1.29, 1.82) is 0 Å². The number of halogens is 1. The van der Waals surface area contributed by atoms with Crippen LogP contribution in [0, 0.1) is 0 Å². The number of carbonyl (C=O) groups is 1. The summed E-state index contributed by atoms with van der Waals surface area (Å²) in [4.78, 5) is 12.4. The van der Waals surface area contributed by atoms with Gasteiger partial charge < -0.3 is 15.8 Å². The fourth-order valence-electron chi connectivity index (χ4n) is 2.56. The lowest BCUT2D eigenvalue weighted by atomic mass is 9.87. The molecule has 0 fully saturated rings. The Hall–Kier alpha value is -1.88. The third kappa shape index (κ3) is 5.05. The average molecular weight is 361 g/mol. The monoisotopic (exact) mass is 360 g/mol. The first-order valence-electron chi connectivity index (χ1n) is 8.16. The second-order valence-corrected chi connectivity index (χ2v) is 7.49. The largest absolute Gasteiger partial charge is 0.380 e. The molecule has 5 heteroatoms. The van der Waals surface area contributed by atoms with Gasteiger partial charge in [0, 0.05) is 17.8 Å². The lowest BCUT2D eigenvalue weighted by molar-refractivity contribution is -0.117. The van der Waals surface area contributed by atoms with E-state index in [0.29, 0.717) is 17.3 Å². The molecule has 0 aliphatic carbocycles. The number of methoxy groups -OCH3 is 1. The summed E-state index contributed by atoms with van der Waals surface area (Å²) in [6.07, 6.45) is 0. The van der Waals surface area contributed by atoms with E-state index in [1.165, 1.54) is 0 Å². The average Bonchev–Trinajstić information content (AvgIpc) is 2.54.